The molecule has 2 aromatic carbocycles. The number of phenols is 2. The fourth-order valence-electron chi connectivity index (χ4n) is 1.24. The highest BCUT2D eigenvalue weighted by molar-refractivity contribution is 7.99. The van der Waals surface area contributed by atoms with E-state index in [2.05, 4.69) is 0 Å². The summed E-state index contributed by atoms with van der Waals surface area (Å²) in [5, 5.41) is 18.5. The molecule has 0 amide bonds. The second-order valence-electron chi connectivity index (χ2n) is 3.32. The zero-order valence-electron chi connectivity index (χ0n) is 8.42. The lowest BCUT2D eigenvalue weighted by Gasteiger charge is -2.03. The summed E-state index contributed by atoms with van der Waals surface area (Å²) in [6.07, 6.45) is 0. The SMILES string of the molecule is Nc1ccc(Sc2ccc(O)c(O)c2)cc1. The number of hydrogen-bond acceptors (Lipinski definition) is 4. The zero-order valence-corrected chi connectivity index (χ0v) is 9.24. The molecular weight excluding hydrogens is 222 g/mol. The summed E-state index contributed by atoms with van der Waals surface area (Å²) in [5.41, 5.74) is 6.30. The predicted molar refractivity (Wildman–Crippen MR) is 64.7 cm³/mol. The second-order valence-corrected chi connectivity index (χ2v) is 4.47. The predicted octanol–water partition coefficient (Wildman–Crippen LogP) is 2.83. The first-order chi connectivity index (χ1) is 7.65. The van der Waals surface area contributed by atoms with Gasteiger partial charge >= 0.3 is 0 Å². The Morgan fingerprint density at radius 3 is 2.06 bits per heavy atom. The minimum atomic E-state index is -0.111. The Bertz CT molecular complexity index is 497. The molecule has 0 atom stereocenters. The molecule has 0 fully saturated rings. The van der Waals surface area contributed by atoms with Crippen LogP contribution >= 0.6 is 11.8 Å². The molecule has 0 radical (unpaired) electrons. The Hall–Kier alpha value is -1.81. The van der Waals surface area contributed by atoms with E-state index in [1.165, 1.54) is 23.9 Å². The van der Waals surface area contributed by atoms with Crippen LogP contribution < -0.4 is 5.73 Å². The molecule has 0 heterocycles. The summed E-state index contributed by atoms with van der Waals surface area (Å²) in [4.78, 5) is 1.89. The number of hydrogen-bond donors (Lipinski definition) is 3. The molecule has 0 saturated heterocycles. The summed E-state index contributed by atoms with van der Waals surface area (Å²) < 4.78 is 0. The van der Waals surface area contributed by atoms with E-state index in [-0.39, 0.29) is 11.5 Å². The van der Waals surface area contributed by atoms with Crippen LogP contribution in [0.4, 0.5) is 5.69 Å². The number of nitrogen functional groups attached to an aromatic ring is 1. The highest BCUT2D eigenvalue weighted by atomic mass is 32.2. The molecule has 0 unspecified atom stereocenters. The van der Waals surface area contributed by atoms with Crippen molar-refractivity contribution in [3.8, 4) is 11.5 Å². The smallest absolute Gasteiger partial charge is 0.158 e. The third-order valence-electron chi connectivity index (χ3n) is 2.06. The van der Waals surface area contributed by atoms with Crippen LogP contribution in [0.2, 0.25) is 0 Å². The van der Waals surface area contributed by atoms with E-state index in [1.807, 2.05) is 24.3 Å². The molecule has 4 N–H and O–H groups in total. The van der Waals surface area contributed by atoms with Crippen LogP contribution in [-0.4, -0.2) is 10.2 Å². The molecule has 3 nitrogen and oxygen atoms in total. The van der Waals surface area contributed by atoms with E-state index in [4.69, 9.17) is 5.73 Å². The van der Waals surface area contributed by atoms with Gasteiger partial charge in [-0.15, -0.1) is 0 Å². The first-order valence-corrected chi connectivity index (χ1v) is 5.52. The molecule has 2 aromatic rings. The summed E-state index contributed by atoms with van der Waals surface area (Å²) in [5.74, 6) is -0.220. The molecule has 16 heavy (non-hydrogen) atoms. The normalized spacial score (nSPS) is 10.2. The van der Waals surface area contributed by atoms with Crippen LogP contribution in [0.3, 0.4) is 0 Å². The van der Waals surface area contributed by atoms with E-state index in [0.717, 1.165) is 15.5 Å². The number of anilines is 1. The summed E-state index contributed by atoms with van der Waals surface area (Å²) in [6, 6.07) is 12.2. The molecule has 0 spiro atoms. The largest absolute Gasteiger partial charge is 0.504 e. The van der Waals surface area contributed by atoms with Crippen molar-refractivity contribution in [2.45, 2.75) is 9.79 Å². The molecule has 2 rings (SSSR count). The van der Waals surface area contributed by atoms with Gasteiger partial charge in [0.05, 0.1) is 0 Å². The van der Waals surface area contributed by atoms with Gasteiger partial charge in [0, 0.05) is 15.5 Å². The number of phenolic OH excluding ortho intramolecular Hbond substituents is 2. The van der Waals surface area contributed by atoms with E-state index in [9.17, 15) is 10.2 Å². The maximum Gasteiger partial charge on any atom is 0.158 e. The van der Waals surface area contributed by atoms with E-state index in [1.54, 1.807) is 6.07 Å². The summed E-state index contributed by atoms with van der Waals surface area (Å²) in [7, 11) is 0. The van der Waals surface area contributed by atoms with Crippen molar-refractivity contribution in [1.29, 1.82) is 0 Å². The highest BCUT2D eigenvalue weighted by Gasteiger charge is 2.02. The van der Waals surface area contributed by atoms with Crippen molar-refractivity contribution < 1.29 is 10.2 Å². The molecule has 82 valence electrons. The lowest BCUT2D eigenvalue weighted by molar-refractivity contribution is 0.402. The van der Waals surface area contributed by atoms with Crippen LogP contribution in [0.1, 0.15) is 0 Å². The van der Waals surface area contributed by atoms with Gasteiger partial charge in [0.2, 0.25) is 0 Å². The topological polar surface area (TPSA) is 66.5 Å². The molecule has 0 aliphatic rings. The maximum absolute atomic E-state index is 9.34. The van der Waals surface area contributed by atoms with Gasteiger partial charge in [0.25, 0.3) is 0 Å². The minimum absolute atomic E-state index is 0.110. The van der Waals surface area contributed by atoms with Gasteiger partial charge in [-0.05, 0) is 42.5 Å². The standard InChI is InChI=1S/C12H11NO2S/c13-8-1-3-9(4-2-8)16-10-5-6-11(14)12(15)7-10/h1-7,14-15H,13H2. The van der Waals surface area contributed by atoms with Crippen molar-refractivity contribution in [3.05, 3.63) is 42.5 Å². The molecule has 0 aliphatic carbocycles. The first kappa shape index (κ1) is 10.7. The lowest BCUT2D eigenvalue weighted by atomic mass is 10.3. The van der Waals surface area contributed by atoms with Crippen LogP contribution in [0.25, 0.3) is 0 Å². The number of aromatic hydroxyl groups is 2. The zero-order chi connectivity index (χ0) is 11.5. The summed E-state index contributed by atoms with van der Waals surface area (Å²) >= 11 is 1.49. The van der Waals surface area contributed by atoms with E-state index < -0.39 is 0 Å². The molecule has 4 heteroatoms. The van der Waals surface area contributed by atoms with Crippen molar-refractivity contribution in [1.82, 2.24) is 0 Å². The fourth-order valence-corrected chi connectivity index (χ4v) is 2.09. The van der Waals surface area contributed by atoms with Gasteiger partial charge in [-0.25, -0.2) is 0 Å². The van der Waals surface area contributed by atoms with Gasteiger partial charge in [0.1, 0.15) is 0 Å². The minimum Gasteiger partial charge on any atom is -0.504 e. The third kappa shape index (κ3) is 2.41. The van der Waals surface area contributed by atoms with Crippen LogP contribution in [0, 0.1) is 0 Å². The molecule has 0 aliphatic heterocycles. The molecule has 0 bridgehead atoms. The van der Waals surface area contributed by atoms with Crippen LogP contribution in [-0.2, 0) is 0 Å². The third-order valence-corrected chi connectivity index (χ3v) is 3.06. The Morgan fingerprint density at radius 2 is 1.44 bits per heavy atom. The van der Waals surface area contributed by atoms with Gasteiger partial charge in [-0.3, -0.25) is 0 Å². The lowest BCUT2D eigenvalue weighted by Crippen LogP contribution is -1.82. The highest BCUT2D eigenvalue weighted by Crippen LogP contribution is 2.34. The van der Waals surface area contributed by atoms with Crippen LogP contribution in [0.5, 0.6) is 11.5 Å². The Labute approximate surface area is 97.5 Å². The van der Waals surface area contributed by atoms with Gasteiger partial charge in [0.15, 0.2) is 11.5 Å². The molecule has 0 saturated carbocycles. The molecule has 0 aromatic heterocycles. The van der Waals surface area contributed by atoms with E-state index >= 15 is 0 Å². The van der Waals surface area contributed by atoms with Crippen molar-refractivity contribution in [2.24, 2.45) is 0 Å². The Morgan fingerprint density at radius 1 is 0.812 bits per heavy atom. The van der Waals surface area contributed by atoms with Crippen molar-refractivity contribution >= 4 is 17.4 Å². The number of rotatable bonds is 2. The number of nitrogens with two attached hydrogens (primary N) is 1. The Kier molecular flexibility index (Phi) is 2.92. The quantitative estimate of drug-likeness (QED) is 0.551. The van der Waals surface area contributed by atoms with Gasteiger partial charge < -0.3 is 15.9 Å². The Balaban J connectivity index is 2.20. The van der Waals surface area contributed by atoms with E-state index in [0.29, 0.717) is 0 Å². The fraction of sp³-hybridized carbons (Fsp3) is 0. The first-order valence-electron chi connectivity index (χ1n) is 4.70. The average molecular weight is 233 g/mol. The molecular formula is C12H11NO2S. The van der Waals surface area contributed by atoms with Crippen molar-refractivity contribution in [3.63, 3.8) is 0 Å². The number of benzene rings is 2. The second kappa shape index (κ2) is 4.37. The van der Waals surface area contributed by atoms with Crippen LogP contribution in [0.15, 0.2) is 52.3 Å². The maximum atomic E-state index is 9.34. The van der Waals surface area contributed by atoms with Gasteiger partial charge in [-0.2, -0.15) is 0 Å². The average Bonchev–Trinajstić information content (AvgIpc) is 2.27. The van der Waals surface area contributed by atoms with Gasteiger partial charge in [-0.1, -0.05) is 11.8 Å². The summed E-state index contributed by atoms with van der Waals surface area (Å²) in [6.45, 7) is 0. The van der Waals surface area contributed by atoms with Crippen molar-refractivity contribution in [2.75, 3.05) is 5.73 Å². The monoisotopic (exact) mass is 233 g/mol.